The van der Waals surface area contributed by atoms with Gasteiger partial charge in [-0.05, 0) is 25.1 Å². The van der Waals surface area contributed by atoms with Crippen LogP contribution in [-0.2, 0) is 14.8 Å². The van der Waals surface area contributed by atoms with E-state index < -0.39 is 10.0 Å². The number of imidazole rings is 1. The normalized spacial score (nSPS) is 17.9. The van der Waals surface area contributed by atoms with Gasteiger partial charge in [-0.15, -0.1) is 0 Å². The number of methoxy groups -OCH3 is 1. The Morgan fingerprint density at radius 1 is 1.05 bits per heavy atom. The van der Waals surface area contributed by atoms with Gasteiger partial charge in [0.25, 0.3) is 0 Å². The molecule has 0 unspecified atom stereocenters. The Bertz CT molecular complexity index is 1350. The van der Waals surface area contributed by atoms with Crippen molar-refractivity contribution >= 4 is 38.6 Å². The van der Waals surface area contributed by atoms with Crippen molar-refractivity contribution in [3.8, 4) is 11.4 Å². The first-order valence-electron chi connectivity index (χ1n) is 12.3. The largest absolute Gasteiger partial charge is 0.494 e. The molecule has 2 saturated heterocycles. The standard InChI is InChI=1S/C23H33N9O4S/c1-35-19-15-17(3-4-18(19)32-16-26-20-21(24)27-23(25)28-22(20)32)30-6-8-31(9-7-30)37(33,34)14-2-5-29-10-12-36-13-11-29/h3-4,15-16H,2,5-14H2,1H3,(H4,24,25,27,28). The lowest BCUT2D eigenvalue weighted by atomic mass is 10.2. The highest BCUT2D eigenvalue weighted by Crippen LogP contribution is 2.32. The number of nitrogens with two attached hydrogens (primary N) is 2. The van der Waals surface area contributed by atoms with E-state index in [4.69, 9.17) is 20.9 Å². The fraction of sp³-hybridized carbons (Fsp3) is 0.522. The molecule has 2 fully saturated rings. The van der Waals surface area contributed by atoms with E-state index in [-0.39, 0.29) is 17.5 Å². The minimum atomic E-state index is -3.29. The van der Waals surface area contributed by atoms with Gasteiger partial charge in [0.05, 0.1) is 31.8 Å². The second kappa shape index (κ2) is 10.7. The number of aromatic nitrogens is 4. The van der Waals surface area contributed by atoms with Crippen LogP contribution in [0.5, 0.6) is 5.75 Å². The van der Waals surface area contributed by atoms with Crippen molar-refractivity contribution < 1.29 is 17.9 Å². The molecule has 2 aliphatic heterocycles. The maximum absolute atomic E-state index is 12.9. The molecule has 1 aromatic carbocycles. The lowest BCUT2D eigenvalue weighted by molar-refractivity contribution is 0.0380. The summed E-state index contributed by atoms with van der Waals surface area (Å²) in [6.07, 6.45) is 2.24. The first-order chi connectivity index (χ1) is 17.9. The molecule has 13 nitrogen and oxygen atoms in total. The van der Waals surface area contributed by atoms with Gasteiger partial charge in [0.1, 0.15) is 12.1 Å². The Hall–Kier alpha value is -3.20. The highest BCUT2D eigenvalue weighted by molar-refractivity contribution is 7.89. The molecule has 3 aromatic rings. The highest BCUT2D eigenvalue weighted by atomic mass is 32.2. The third kappa shape index (κ3) is 5.42. The maximum Gasteiger partial charge on any atom is 0.224 e. The monoisotopic (exact) mass is 531 g/mol. The van der Waals surface area contributed by atoms with Crippen molar-refractivity contribution in [3.05, 3.63) is 24.5 Å². The number of sulfonamides is 1. The van der Waals surface area contributed by atoms with Crippen LogP contribution < -0.4 is 21.1 Å². The maximum atomic E-state index is 12.9. The van der Waals surface area contributed by atoms with Crippen molar-refractivity contribution in [2.45, 2.75) is 6.42 Å². The fourth-order valence-corrected chi connectivity index (χ4v) is 6.30. The summed E-state index contributed by atoms with van der Waals surface area (Å²) >= 11 is 0. The zero-order chi connectivity index (χ0) is 26.0. The van der Waals surface area contributed by atoms with Crippen molar-refractivity contribution in [1.82, 2.24) is 28.7 Å². The number of nitrogens with zero attached hydrogens (tertiary/aromatic N) is 7. The van der Waals surface area contributed by atoms with Crippen LogP contribution in [0, 0.1) is 0 Å². The lowest BCUT2D eigenvalue weighted by Gasteiger charge is -2.35. The van der Waals surface area contributed by atoms with Gasteiger partial charge in [-0.2, -0.15) is 14.3 Å². The van der Waals surface area contributed by atoms with Crippen molar-refractivity contribution in [2.24, 2.45) is 0 Å². The smallest absolute Gasteiger partial charge is 0.224 e. The van der Waals surface area contributed by atoms with Crippen LogP contribution in [0.2, 0.25) is 0 Å². The Kier molecular flexibility index (Phi) is 7.33. The zero-order valence-electron chi connectivity index (χ0n) is 20.9. The summed E-state index contributed by atoms with van der Waals surface area (Å²) in [6, 6.07) is 5.82. The Morgan fingerprint density at radius 3 is 2.54 bits per heavy atom. The van der Waals surface area contributed by atoms with Crippen LogP contribution in [0.25, 0.3) is 16.9 Å². The topological polar surface area (TPSA) is 158 Å². The molecular weight excluding hydrogens is 498 g/mol. The SMILES string of the molecule is COc1cc(N2CCN(S(=O)(=O)CCCN3CCOCC3)CC2)ccc1-n1cnc2c(N)nc(N)nc21. The molecule has 0 spiro atoms. The molecule has 2 aliphatic rings. The van der Waals surface area contributed by atoms with Gasteiger partial charge in [-0.1, -0.05) is 0 Å². The van der Waals surface area contributed by atoms with Crippen LogP contribution in [0.1, 0.15) is 6.42 Å². The van der Waals surface area contributed by atoms with E-state index in [1.54, 1.807) is 22.3 Å². The van der Waals surface area contributed by atoms with E-state index in [1.807, 2.05) is 18.2 Å². The number of rotatable bonds is 8. The Morgan fingerprint density at radius 2 is 1.81 bits per heavy atom. The number of piperazine rings is 1. The Labute approximate surface area is 216 Å². The van der Waals surface area contributed by atoms with E-state index in [0.717, 1.165) is 44.2 Å². The fourth-order valence-electron chi connectivity index (χ4n) is 4.83. The molecule has 14 heteroatoms. The molecule has 5 rings (SSSR count). The van der Waals surface area contributed by atoms with Crippen LogP contribution in [0.4, 0.5) is 17.5 Å². The predicted octanol–water partition coefficient (Wildman–Crippen LogP) is 0.163. The molecule has 0 aliphatic carbocycles. The first-order valence-corrected chi connectivity index (χ1v) is 13.9. The van der Waals surface area contributed by atoms with Gasteiger partial charge in [0.15, 0.2) is 17.0 Å². The number of nitrogen functional groups attached to an aromatic ring is 2. The third-order valence-electron chi connectivity index (χ3n) is 6.84. The molecule has 0 amide bonds. The molecule has 37 heavy (non-hydrogen) atoms. The average molecular weight is 532 g/mol. The second-order valence-corrected chi connectivity index (χ2v) is 11.2. The van der Waals surface area contributed by atoms with E-state index in [1.165, 1.54) is 0 Å². The van der Waals surface area contributed by atoms with Gasteiger partial charge in [0.2, 0.25) is 16.0 Å². The number of morpholine rings is 1. The van der Waals surface area contributed by atoms with E-state index in [9.17, 15) is 8.42 Å². The summed E-state index contributed by atoms with van der Waals surface area (Å²) in [5.41, 5.74) is 14.4. The van der Waals surface area contributed by atoms with Gasteiger partial charge in [-0.25, -0.2) is 13.4 Å². The molecule has 0 bridgehead atoms. The minimum Gasteiger partial charge on any atom is -0.494 e. The molecule has 4 heterocycles. The number of anilines is 3. The number of fused-ring (bicyclic) bond motifs is 1. The van der Waals surface area contributed by atoms with Crippen molar-refractivity contribution in [1.29, 1.82) is 0 Å². The van der Waals surface area contributed by atoms with Gasteiger partial charge < -0.3 is 25.8 Å². The predicted molar refractivity (Wildman–Crippen MR) is 141 cm³/mol. The van der Waals surface area contributed by atoms with Gasteiger partial charge in [-0.3, -0.25) is 9.47 Å². The van der Waals surface area contributed by atoms with Crippen molar-refractivity contribution in [2.75, 3.05) is 88.3 Å². The lowest BCUT2D eigenvalue weighted by Crippen LogP contribution is -2.49. The van der Waals surface area contributed by atoms with Crippen LogP contribution in [-0.4, -0.2) is 109 Å². The third-order valence-corrected chi connectivity index (χ3v) is 8.80. The first kappa shape index (κ1) is 25.4. The summed E-state index contributed by atoms with van der Waals surface area (Å²) < 4.78 is 40.2. The summed E-state index contributed by atoms with van der Waals surface area (Å²) in [6.45, 7) is 6.05. The molecule has 0 radical (unpaired) electrons. The van der Waals surface area contributed by atoms with E-state index >= 15 is 0 Å². The molecule has 4 N–H and O–H groups in total. The Balaban J connectivity index is 1.24. The molecule has 0 atom stereocenters. The number of hydrogen-bond donors (Lipinski definition) is 2. The summed E-state index contributed by atoms with van der Waals surface area (Å²) in [5.74, 6) is 1.07. The number of hydrogen-bond acceptors (Lipinski definition) is 11. The highest BCUT2D eigenvalue weighted by Gasteiger charge is 2.27. The number of ether oxygens (including phenoxy) is 2. The summed E-state index contributed by atoms with van der Waals surface area (Å²) in [4.78, 5) is 17.0. The number of benzene rings is 1. The zero-order valence-corrected chi connectivity index (χ0v) is 21.7. The van der Waals surface area contributed by atoms with Gasteiger partial charge in [0, 0.05) is 51.0 Å². The summed E-state index contributed by atoms with van der Waals surface area (Å²) in [7, 11) is -1.69. The van der Waals surface area contributed by atoms with E-state index in [0.29, 0.717) is 49.5 Å². The molecule has 200 valence electrons. The van der Waals surface area contributed by atoms with Crippen LogP contribution in [0.3, 0.4) is 0 Å². The van der Waals surface area contributed by atoms with E-state index in [2.05, 4.69) is 24.8 Å². The quantitative estimate of drug-likeness (QED) is 0.408. The van der Waals surface area contributed by atoms with Crippen LogP contribution >= 0.6 is 0 Å². The molecule has 2 aromatic heterocycles. The molecular formula is C23H33N9O4S. The second-order valence-electron chi connectivity index (χ2n) is 9.12. The molecule has 0 saturated carbocycles. The van der Waals surface area contributed by atoms with Crippen LogP contribution in [0.15, 0.2) is 24.5 Å². The summed E-state index contributed by atoms with van der Waals surface area (Å²) in [5, 5.41) is 0. The van der Waals surface area contributed by atoms with Crippen molar-refractivity contribution in [3.63, 3.8) is 0 Å². The van der Waals surface area contributed by atoms with Gasteiger partial charge >= 0.3 is 0 Å². The minimum absolute atomic E-state index is 0.0660. The average Bonchev–Trinajstić information content (AvgIpc) is 3.33.